The van der Waals surface area contributed by atoms with Crippen LogP contribution < -0.4 is 4.90 Å². The van der Waals surface area contributed by atoms with Crippen LogP contribution in [-0.4, -0.2) is 62.9 Å². The lowest BCUT2D eigenvalue weighted by Gasteiger charge is -2.42. The lowest BCUT2D eigenvalue weighted by molar-refractivity contribution is -0.138. The van der Waals surface area contributed by atoms with E-state index < -0.39 is 10.3 Å². The van der Waals surface area contributed by atoms with Gasteiger partial charge in [0.2, 0.25) is 5.91 Å². The molecule has 6 nitrogen and oxygen atoms in total. The van der Waals surface area contributed by atoms with Crippen molar-refractivity contribution >= 4 is 57.4 Å². The number of benzene rings is 1. The number of aromatic nitrogens is 1. The average molecular weight is 485 g/mol. The highest BCUT2D eigenvalue weighted by atomic mass is 35.5. The number of rotatable bonds is 3. The first-order chi connectivity index (χ1) is 15.3. The Bertz CT molecular complexity index is 1180. The molecule has 0 N–H and O–H groups in total. The molecule has 0 aliphatic carbocycles. The van der Waals surface area contributed by atoms with Gasteiger partial charge < -0.3 is 4.90 Å². The highest BCUT2D eigenvalue weighted by molar-refractivity contribution is 8.25. The van der Waals surface area contributed by atoms with Crippen LogP contribution in [0.1, 0.15) is 17.0 Å². The fourth-order valence-corrected chi connectivity index (χ4v) is 7.86. The van der Waals surface area contributed by atoms with E-state index in [0.717, 1.165) is 16.8 Å². The van der Waals surface area contributed by atoms with E-state index in [1.165, 1.54) is 11.8 Å². The van der Waals surface area contributed by atoms with E-state index in [1.54, 1.807) is 41.4 Å². The number of thioether (sulfide) groups is 1. The minimum Gasteiger partial charge on any atom is -0.313 e. The summed E-state index contributed by atoms with van der Waals surface area (Å²) < 4.78 is -0.754. The van der Waals surface area contributed by atoms with Gasteiger partial charge in [0.05, 0.1) is 0 Å². The highest BCUT2D eigenvalue weighted by Crippen LogP contribution is 2.66. The number of hydrogen-bond donors (Lipinski definition) is 0. The largest absolute Gasteiger partial charge is 0.313 e. The molecule has 164 valence electrons. The second kappa shape index (κ2) is 7.38. The molecule has 3 atom stereocenters. The Kier molecular flexibility index (Phi) is 4.98. The van der Waals surface area contributed by atoms with E-state index in [2.05, 4.69) is 11.6 Å². The third-order valence-electron chi connectivity index (χ3n) is 6.81. The SMILES string of the molecule is C=CCN1C(=O)[C@]2(SC1=S)[C@H](c1cccnc1)CN(C)[C@]21C(=O)N(C)c2ccc(Cl)cc21. The van der Waals surface area contributed by atoms with Gasteiger partial charge in [0.15, 0.2) is 5.54 Å². The van der Waals surface area contributed by atoms with Crippen molar-refractivity contribution in [1.29, 1.82) is 0 Å². The summed E-state index contributed by atoms with van der Waals surface area (Å²) in [4.78, 5) is 37.9. The van der Waals surface area contributed by atoms with Crippen LogP contribution in [0.5, 0.6) is 0 Å². The number of nitrogens with zero attached hydrogens (tertiary/aromatic N) is 4. The van der Waals surface area contributed by atoms with Crippen LogP contribution in [0.4, 0.5) is 5.69 Å². The molecule has 3 aliphatic rings. The summed E-state index contributed by atoms with van der Waals surface area (Å²) >= 11 is 13.4. The predicted molar refractivity (Wildman–Crippen MR) is 131 cm³/mol. The maximum absolute atomic E-state index is 14.3. The quantitative estimate of drug-likeness (QED) is 0.491. The first-order valence-electron chi connectivity index (χ1n) is 10.2. The molecule has 32 heavy (non-hydrogen) atoms. The van der Waals surface area contributed by atoms with Gasteiger partial charge >= 0.3 is 0 Å². The van der Waals surface area contributed by atoms with Gasteiger partial charge in [0, 0.05) is 54.7 Å². The van der Waals surface area contributed by atoms with E-state index in [0.29, 0.717) is 22.4 Å². The van der Waals surface area contributed by atoms with Crippen molar-refractivity contribution in [2.24, 2.45) is 0 Å². The number of hydrogen-bond acceptors (Lipinski definition) is 6. The first kappa shape index (κ1) is 21.6. The van der Waals surface area contributed by atoms with Gasteiger partial charge in [-0.05, 0) is 36.9 Å². The molecule has 0 bridgehead atoms. The third kappa shape index (κ3) is 2.46. The van der Waals surface area contributed by atoms with Crippen molar-refractivity contribution in [3.05, 3.63) is 71.5 Å². The Labute approximate surface area is 201 Å². The van der Waals surface area contributed by atoms with Crippen LogP contribution >= 0.6 is 35.6 Å². The Balaban J connectivity index is 1.85. The van der Waals surface area contributed by atoms with Crippen LogP contribution in [0.3, 0.4) is 0 Å². The standard InChI is InChI=1S/C23H21ClN4O2S2/c1-4-10-28-20(30)23(32-21(28)31)17(14-6-5-9-25-12-14)13-26(2)22(23)16-11-15(24)7-8-18(16)27(3)19(22)29/h4-9,11-12,17H,1,10,13H2,2-3H3/t17-,22+,23+/m0/s1. The van der Waals surface area contributed by atoms with Gasteiger partial charge in [-0.15, -0.1) is 6.58 Å². The molecule has 9 heteroatoms. The van der Waals surface area contributed by atoms with Gasteiger partial charge in [-0.25, -0.2) is 0 Å². The topological polar surface area (TPSA) is 56.8 Å². The number of anilines is 1. The molecule has 0 radical (unpaired) electrons. The highest BCUT2D eigenvalue weighted by Gasteiger charge is 2.78. The molecule has 2 saturated heterocycles. The minimum absolute atomic E-state index is 0.159. The van der Waals surface area contributed by atoms with Crippen molar-refractivity contribution in [2.75, 3.05) is 32.1 Å². The van der Waals surface area contributed by atoms with Crippen LogP contribution in [-0.2, 0) is 15.1 Å². The van der Waals surface area contributed by atoms with Gasteiger partial charge in [-0.2, -0.15) is 0 Å². The van der Waals surface area contributed by atoms with Crippen LogP contribution in [0.25, 0.3) is 0 Å². The molecule has 4 heterocycles. The second-order valence-electron chi connectivity index (χ2n) is 8.26. The van der Waals surface area contributed by atoms with Crippen molar-refractivity contribution < 1.29 is 9.59 Å². The molecule has 2 spiro atoms. The van der Waals surface area contributed by atoms with Crippen molar-refractivity contribution in [3.63, 3.8) is 0 Å². The van der Waals surface area contributed by atoms with Crippen LogP contribution in [0.15, 0.2) is 55.4 Å². The fourth-order valence-electron chi connectivity index (χ4n) is 5.54. The van der Waals surface area contributed by atoms with Crippen LogP contribution in [0, 0.1) is 0 Å². The molecule has 2 fully saturated rings. The fraction of sp³-hybridized carbons (Fsp3) is 0.304. The summed E-state index contributed by atoms with van der Waals surface area (Å²) in [5.41, 5.74) is 1.12. The zero-order valence-electron chi connectivity index (χ0n) is 17.6. The smallest absolute Gasteiger partial charge is 0.254 e. The molecule has 5 rings (SSSR count). The van der Waals surface area contributed by atoms with Gasteiger partial charge in [0.1, 0.15) is 9.07 Å². The number of carbonyl (C=O) groups is 2. The number of fused-ring (bicyclic) bond motifs is 3. The van der Waals surface area contributed by atoms with Crippen molar-refractivity contribution in [1.82, 2.24) is 14.8 Å². The number of amides is 2. The molecule has 2 aromatic rings. The summed E-state index contributed by atoms with van der Waals surface area (Å²) in [7, 11) is 3.64. The Morgan fingerprint density at radius 2 is 2.09 bits per heavy atom. The number of likely N-dealkylation sites (tertiary alicyclic amines) is 1. The molecule has 2 amide bonds. The van der Waals surface area contributed by atoms with Gasteiger partial charge in [-0.3, -0.25) is 24.4 Å². The van der Waals surface area contributed by atoms with E-state index in [4.69, 9.17) is 23.8 Å². The summed E-state index contributed by atoms with van der Waals surface area (Å²) in [5, 5.41) is 0.514. The Morgan fingerprint density at radius 3 is 2.78 bits per heavy atom. The molecule has 0 unspecified atom stereocenters. The van der Waals surface area contributed by atoms with E-state index in [-0.39, 0.29) is 17.7 Å². The molecule has 1 aromatic carbocycles. The lowest BCUT2D eigenvalue weighted by Crippen LogP contribution is -2.62. The maximum atomic E-state index is 14.3. The Hall–Kier alpha value is -2.26. The number of thiocarbonyl (C=S) groups is 1. The normalized spacial score (nSPS) is 29.6. The molecule has 3 aliphatic heterocycles. The Morgan fingerprint density at radius 1 is 1.31 bits per heavy atom. The zero-order valence-corrected chi connectivity index (χ0v) is 20.0. The third-order valence-corrected chi connectivity index (χ3v) is 8.99. The number of likely N-dealkylation sites (N-methyl/N-ethyl adjacent to an activating group) is 2. The molecule has 0 saturated carbocycles. The molecular formula is C23H21ClN4O2S2. The first-order valence-corrected chi connectivity index (χ1v) is 11.8. The van der Waals surface area contributed by atoms with Crippen molar-refractivity contribution in [2.45, 2.75) is 16.2 Å². The predicted octanol–water partition coefficient (Wildman–Crippen LogP) is 3.42. The molecular weight excluding hydrogens is 464 g/mol. The van der Waals surface area contributed by atoms with Crippen molar-refractivity contribution in [3.8, 4) is 0 Å². The second-order valence-corrected chi connectivity index (χ2v) is 10.6. The summed E-state index contributed by atoms with van der Waals surface area (Å²) in [5.74, 6) is -0.651. The van der Waals surface area contributed by atoms with E-state index in [9.17, 15) is 9.59 Å². The average Bonchev–Trinajstić information content (AvgIpc) is 3.28. The number of pyridine rings is 1. The monoisotopic (exact) mass is 484 g/mol. The minimum atomic E-state index is -1.26. The summed E-state index contributed by atoms with van der Waals surface area (Å²) in [6.07, 6.45) is 5.13. The van der Waals surface area contributed by atoms with E-state index >= 15 is 0 Å². The van der Waals surface area contributed by atoms with Crippen LogP contribution in [0.2, 0.25) is 5.02 Å². The summed E-state index contributed by atoms with van der Waals surface area (Å²) in [6.45, 7) is 4.56. The zero-order chi connectivity index (χ0) is 22.8. The number of carbonyl (C=O) groups excluding carboxylic acids is 2. The van der Waals surface area contributed by atoms with Gasteiger partial charge in [0.25, 0.3) is 5.91 Å². The maximum Gasteiger partial charge on any atom is 0.254 e. The summed E-state index contributed by atoms with van der Waals surface area (Å²) in [6, 6.07) is 9.23. The van der Waals surface area contributed by atoms with Gasteiger partial charge in [-0.1, -0.05) is 47.7 Å². The number of halogens is 1. The van der Waals surface area contributed by atoms with E-state index in [1.807, 2.05) is 36.2 Å². The molecule has 1 aromatic heterocycles. The lowest BCUT2D eigenvalue weighted by atomic mass is 9.72.